The van der Waals surface area contributed by atoms with Crippen molar-refractivity contribution in [2.75, 3.05) is 0 Å². The summed E-state index contributed by atoms with van der Waals surface area (Å²) in [6.45, 7) is 2.13. The second-order valence-corrected chi connectivity index (χ2v) is 6.37. The Labute approximate surface area is 164 Å². The SMILES string of the molecule is CCCCCCC(=O)/C=C\c1ccc(OC(=O)c2ccc([N+](=O)[O-])cc2)cc1. The van der Waals surface area contributed by atoms with Gasteiger partial charge in [0.1, 0.15) is 5.75 Å². The van der Waals surface area contributed by atoms with Crippen molar-refractivity contribution in [2.24, 2.45) is 0 Å². The summed E-state index contributed by atoms with van der Waals surface area (Å²) in [6, 6.07) is 12.0. The Morgan fingerprint density at radius 3 is 2.29 bits per heavy atom. The predicted molar refractivity (Wildman–Crippen MR) is 107 cm³/mol. The van der Waals surface area contributed by atoms with E-state index in [-0.39, 0.29) is 17.0 Å². The van der Waals surface area contributed by atoms with E-state index in [9.17, 15) is 19.7 Å². The van der Waals surface area contributed by atoms with Gasteiger partial charge in [-0.15, -0.1) is 0 Å². The third kappa shape index (κ3) is 6.79. The van der Waals surface area contributed by atoms with Gasteiger partial charge in [0.25, 0.3) is 5.69 Å². The average molecular weight is 381 g/mol. The molecule has 0 amide bonds. The maximum Gasteiger partial charge on any atom is 0.343 e. The zero-order valence-corrected chi connectivity index (χ0v) is 15.8. The minimum Gasteiger partial charge on any atom is -0.423 e. The maximum absolute atomic E-state index is 12.1. The van der Waals surface area contributed by atoms with E-state index in [1.54, 1.807) is 36.4 Å². The number of allylic oxidation sites excluding steroid dienone is 1. The smallest absolute Gasteiger partial charge is 0.343 e. The molecule has 0 saturated carbocycles. The Kier molecular flexibility index (Phi) is 8.09. The number of non-ortho nitro benzene ring substituents is 1. The molecule has 0 aliphatic rings. The third-order valence-electron chi connectivity index (χ3n) is 4.14. The van der Waals surface area contributed by atoms with Crippen LogP contribution in [-0.2, 0) is 4.79 Å². The lowest BCUT2D eigenvalue weighted by molar-refractivity contribution is -0.384. The summed E-state index contributed by atoms with van der Waals surface area (Å²) in [4.78, 5) is 34.0. The Bertz CT molecular complexity index is 838. The molecule has 146 valence electrons. The van der Waals surface area contributed by atoms with E-state index in [4.69, 9.17) is 4.74 Å². The first kappa shape index (κ1) is 21.0. The van der Waals surface area contributed by atoms with Gasteiger partial charge in [0.15, 0.2) is 5.78 Å². The molecule has 6 heteroatoms. The Balaban J connectivity index is 1.88. The molecule has 0 fully saturated rings. The predicted octanol–water partition coefficient (Wildman–Crippen LogP) is 5.37. The lowest BCUT2D eigenvalue weighted by atomic mass is 10.1. The Morgan fingerprint density at radius 2 is 1.68 bits per heavy atom. The number of esters is 1. The molecule has 0 bridgehead atoms. The molecule has 0 aromatic heterocycles. The first-order valence-corrected chi connectivity index (χ1v) is 9.27. The molecular weight excluding hydrogens is 358 g/mol. The number of unbranched alkanes of at least 4 members (excludes halogenated alkanes) is 3. The highest BCUT2D eigenvalue weighted by Crippen LogP contribution is 2.17. The van der Waals surface area contributed by atoms with Crippen LogP contribution >= 0.6 is 0 Å². The molecule has 0 aliphatic heterocycles. The first-order valence-electron chi connectivity index (χ1n) is 9.27. The summed E-state index contributed by atoms with van der Waals surface area (Å²) in [5.74, 6) is -0.142. The van der Waals surface area contributed by atoms with Crippen LogP contribution in [0.25, 0.3) is 6.08 Å². The fraction of sp³-hybridized carbons (Fsp3) is 0.273. The van der Waals surface area contributed by atoms with Gasteiger partial charge in [-0.25, -0.2) is 4.79 Å². The third-order valence-corrected chi connectivity index (χ3v) is 4.14. The Hall–Kier alpha value is -3.28. The van der Waals surface area contributed by atoms with Gasteiger partial charge in [-0.2, -0.15) is 0 Å². The fourth-order valence-electron chi connectivity index (χ4n) is 2.53. The molecule has 2 aromatic carbocycles. The zero-order chi connectivity index (χ0) is 20.4. The Morgan fingerprint density at radius 1 is 1.00 bits per heavy atom. The molecule has 0 atom stereocenters. The van der Waals surface area contributed by atoms with Gasteiger partial charge in [0.05, 0.1) is 10.5 Å². The van der Waals surface area contributed by atoms with Gasteiger partial charge in [-0.1, -0.05) is 44.4 Å². The molecule has 2 rings (SSSR count). The van der Waals surface area contributed by atoms with Crippen molar-refractivity contribution in [1.82, 2.24) is 0 Å². The van der Waals surface area contributed by atoms with Crippen LogP contribution in [0, 0.1) is 10.1 Å². The van der Waals surface area contributed by atoms with E-state index in [0.717, 1.165) is 31.2 Å². The first-order chi connectivity index (χ1) is 13.5. The van der Waals surface area contributed by atoms with Crippen molar-refractivity contribution in [2.45, 2.75) is 39.0 Å². The number of hydrogen-bond acceptors (Lipinski definition) is 5. The highest BCUT2D eigenvalue weighted by atomic mass is 16.6. The molecular formula is C22H23NO5. The van der Waals surface area contributed by atoms with Crippen LogP contribution in [0.5, 0.6) is 5.75 Å². The number of nitro groups is 1. The molecule has 0 saturated heterocycles. The number of benzene rings is 2. The molecule has 0 aliphatic carbocycles. The number of carbonyl (C=O) groups is 2. The van der Waals surface area contributed by atoms with Crippen molar-refractivity contribution in [3.63, 3.8) is 0 Å². The van der Waals surface area contributed by atoms with E-state index < -0.39 is 10.9 Å². The van der Waals surface area contributed by atoms with E-state index in [2.05, 4.69) is 6.92 Å². The second-order valence-electron chi connectivity index (χ2n) is 6.37. The summed E-state index contributed by atoms with van der Waals surface area (Å²) in [5, 5.41) is 10.6. The topological polar surface area (TPSA) is 86.5 Å². The van der Waals surface area contributed by atoms with Crippen molar-refractivity contribution >= 4 is 23.5 Å². The molecule has 0 unspecified atom stereocenters. The van der Waals surface area contributed by atoms with Crippen LogP contribution in [-0.4, -0.2) is 16.7 Å². The van der Waals surface area contributed by atoms with Gasteiger partial charge in [0, 0.05) is 18.6 Å². The number of carbonyl (C=O) groups excluding carboxylic acids is 2. The number of ether oxygens (including phenoxy) is 1. The highest BCUT2D eigenvalue weighted by molar-refractivity contribution is 5.93. The molecule has 28 heavy (non-hydrogen) atoms. The van der Waals surface area contributed by atoms with Gasteiger partial charge in [0.2, 0.25) is 0 Å². The molecule has 6 nitrogen and oxygen atoms in total. The molecule has 2 aromatic rings. The van der Waals surface area contributed by atoms with E-state index in [0.29, 0.717) is 12.2 Å². The normalized spacial score (nSPS) is 10.8. The zero-order valence-electron chi connectivity index (χ0n) is 15.8. The van der Waals surface area contributed by atoms with E-state index in [1.807, 2.05) is 0 Å². The lowest BCUT2D eigenvalue weighted by Gasteiger charge is -2.04. The van der Waals surface area contributed by atoms with Gasteiger partial charge < -0.3 is 4.74 Å². The summed E-state index contributed by atoms with van der Waals surface area (Å²) in [6.07, 6.45) is 8.15. The minimum atomic E-state index is -0.597. The summed E-state index contributed by atoms with van der Waals surface area (Å²) < 4.78 is 5.26. The number of rotatable bonds is 10. The number of ketones is 1. The summed E-state index contributed by atoms with van der Waals surface area (Å²) in [7, 11) is 0. The number of nitro benzene ring substituents is 1. The monoisotopic (exact) mass is 381 g/mol. The van der Waals surface area contributed by atoms with Crippen LogP contribution in [0.4, 0.5) is 5.69 Å². The summed E-state index contributed by atoms with van der Waals surface area (Å²) >= 11 is 0. The quantitative estimate of drug-likeness (QED) is 0.138. The fourth-order valence-corrected chi connectivity index (χ4v) is 2.53. The number of hydrogen-bond donors (Lipinski definition) is 0. The second kappa shape index (κ2) is 10.8. The highest BCUT2D eigenvalue weighted by Gasteiger charge is 2.11. The van der Waals surface area contributed by atoms with Crippen molar-refractivity contribution in [3.8, 4) is 5.75 Å². The van der Waals surface area contributed by atoms with Gasteiger partial charge in [-0.3, -0.25) is 14.9 Å². The lowest BCUT2D eigenvalue weighted by Crippen LogP contribution is -2.08. The molecule has 0 N–H and O–H groups in total. The van der Waals surface area contributed by atoms with Crippen LogP contribution in [0.3, 0.4) is 0 Å². The van der Waals surface area contributed by atoms with E-state index >= 15 is 0 Å². The van der Waals surface area contributed by atoms with Crippen molar-refractivity contribution in [3.05, 3.63) is 75.8 Å². The molecule has 0 radical (unpaired) electrons. The van der Waals surface area contributed by atoms with Crippen molar-refractivity contribution in [1.29, 1.82) is 0 Å². The van der Waals surface area contributed by atoms with Gasteiger partial charge in [-0.05, 0) is 42.3 Å². The standard InChI is InChI=1S/C22H23NO5/c1-2-3-4-5-6-20(24)14-7-17-8-15-21(16-9-17)28-22(25)18-10-12-19(13-11-18)23(26)27/h7-16H,2-6H2,1H3/b14-7-. The molecule has 0 spiro atoms. The van der Waals surface area contributed by atoms with E-state index in [1.165, 1.54) is 24.3 Å². The maximum atomic E-state index is 12.1. The number of nitrogens with zero attached hydrogens (tertiary/aromatic N) is 1. The van der Waals surface area contributed by atoms with Crippen LogP contribution < -0.4 is 4.74 Å². The van der Waals surface area contributed by atoms with Crippen LogP contribution in [0.2, 0.25) is 0 Å². The van der Waals surface area contributed by atoms with Gasteiger partial charge >= 0.3 is 5.97 Å². The summed E-state index contributed by atoms with van der Waals surface area (Å²) in [5.41, 5.74) is 0.966. The van der Waals surface area contributed by atoms with Crippen LogP contribution in [0.15, 0.2) is 54.6 Å². The average Bonchev–Trinajstić information content (AvgIpc) is 2.70. The van der Waals surface area contributed by atoms with Crippen LogP contribution in [0.1, 0.15) is 54.9 Å². The largest absolute Gasteiger partial charge is 0.423 e. The molecule has 0 heterocycles. The van der Waals surface area contributed by atoms with Crippen molar-refractivity contribution < 1.29 is 19.2 Å². The minimum absolute atomic E-state index is 0.0902.